The Morgan fingerprint density at radius 1 is 0.938 bits per heavy atom. The van der Waals surface area contributed by atoms with Gasteiger partial charge in [0.1, 0.15) is 5.82 Å². The van der Waals surface area contributed by atoms with E-state index >= 15 is 0 Å². The fourth-order valence-electron chi connectivity index (χ4n) is 3.54. The van der Waals surface area contributed by atoms with Gasteiger partial charge in [0.15, 0.2) is 0 Å². The monoisotopic (exact) mass is 441 g/mol. The van der Waals surface area contributed by atoms with Gasteiger partial charge in [-0.25, -0.2) is 4.98 Å². The molecule has 0 atom stereocenters. The molecule has 1 aliphatic heterocycles. The molecular formula is C23H22F3N5O. The largest absolute Gasteiger partial charge is 0.416 e. The molecule has 2 aromatic heterocycles. The molecule has 1 fully saturated rings. The van der Waals surface area contributed by atoms with Crippen molar-refractivity contribution in [3.8, 4) is 0 Å². The number of hydrogen-bond acceptors (Lipinski definition) is 5. The van der Waals surface area contributed by atoms with Crippen molar-refractivity contribution in [3.05, 3.63) is 83.8 Å². The Hall–Kier alpha value is -3.46. The molecule has 166 valence electrons. The summed E-state index contributed by atoms with van der Waals surface area (Å²) in [6, 6.07) is 11.7. The Morgan fingerprint density at radius 2 is 1.62 bits per heavy atom. The normalized spacial score (nSPS) is 14.9. The molecule has 0 bridgehead atoms. The maximum Gasteiger partial charge on any atom is 0.416 e. The smallest absolute Gasteiger partial charge is 0.354 e. The van der Waals surface area contributed by atoms with Crippen LogP contribution in [0.4, 0.5) is 24.7 Å². The zero-order valence-electron chi connectivity index (χ0n) is 17.2. The van der Waals surface area contributed by atoms with E-state index in [-0.39, 0.29) is 5.56 Å². The van der Waals surface area contributed by atoms with E-state index in [9.17, 15) is 18.0 Å². The molecule has 0 radical (unpaired) electrons. The number of aromatic nitrogens is 2. The zero-order chi connectivity index (χ0) is 22.6. The molecule has 1 saturated heterocycles. The SMILES string of the molecule is O=C(Nc1ccc(N2CCN(Cc3ccncc3)CC2)nc1)c1ccc(C(F)(F)F)cc1. The summed E-state index contributed by atoms with van der Waals surface area (Å²) in [5.41, 5.74) is 1.07. The van der Waals surface area contributed by atoms with Crippen LogP contribution < -0.4 is 10.2 Å². The van der Waals surface area contributed by atoms with Crippen LogP contribution in [-0.4, -0.2) is 47.0 Å². The van der Waals surface area contributed by atoms with E-state index in [0.717, 1.165) is 62.8 Å². The standard InChI is InChI=1S/C23H22F3N5O/c24-23(25,26)19-3-1-18(2-4-19)22(32)29-20-5-6-21(28-15-20)31-13-11-30(12-14-31)16-17-7-9-27-10-8-17/h1-10,15H,11-14,16H2,(H,29,32). The highest BCUT2D eigenvalue weighted by molar-refractivity contribution is 6.04. The van der Waals surface area contributed by atoms with Gasteiger partial charge < -0.3 is 10.2 Å². The molecule has 0 unspecified atom stereocenters. The quantitative estimate of drug-likeness (QED) is 0.647. The summed E-state index contributed by atoms with van der Waals surface area (Å²) in [7, 11) is 0. The summed E-state index contributed by atoms with van der Waals surface area (Å²) in [5.74, 6) is 0.332. The van der Waals surface area contributed by atoms with Gasteiger partial charge in [0, 0.05) is 50.7 Å². The Labute approximate surface area is 183 Å². The van der Waals surface area contributed by atoms with E-state index in [2.05, 4.69) is 25.1 Å². The molecule has 3 heterocycles. The number of benzene rings is 1. The molecular weight excluding hydrogens is 419 g/mol. The van der Waals surface area contributed by atoms with Gasteiger partial charge in [0.25, 0.3) is 5.91 Å². The molecule has 9 heteroatoms. The molecule has 32 heavy (non-hydrogen) atoms. The van der Waals surface area contributed by atoms with Gasteiger partial charge >= 0.3 is 6.18 Å². The zero-order valence-corrected chi connectivity index (χ0v) is 17.2. The van der Waals surface area contributed by atoms with Crippen molar-refractivity contribution in [2.75, 3.05) is 36.4 Å². The number of carbonyl (C=O) groups is 1. The van der Waals surface area contributed by atoms with Crippen molar-refractivity contribution in [2.45, 2.75) is 12.7 Å². The van der Waals surface area contributed by atoms with E-state index in [0.29, 0.717) is 5.69 Å². The topological polar surface area (TPSA) is 61.4 Å². The number of piperazine rings is 1. The van der Waals surface area contributed by atoms with Crippen LogP contribution in [0.1, 0.15) is 21.5 Å². The third kappa shape index (κ3) is 5.42. The van der Waals surface area contributed by atoms with Crippen LogP contribution >= 0.6 is 0 Å². The van der Waals surface area contributed by atoms with E-state index in [1.54, 1.807) is 24.7 Å². The number of nitrogens with one attached hydrogen (secondary N) is 1. The number of amides is 1. The number of halogens is 3. The highest BCUT2D eigenvalue weighted by atomic mass is 19.4. The average molecular weight is 441 g/mol. The first-order valence-corrected chi connectivity index (χ1v) is 10.2. The maximum atomic E-state index is 12.7. The van der Waals surface area contributed by atoms with Gasteiger partial charge in [0.05, 0.1) is 17.4 Å². The van der Waals surface area contributed by atoms with E-state index in [4.69, 9.17) is 0 Å². The summed E-state index contributed by atoms with van der Waals surface area (Å²) < 4.78 is 38.0. The number of rotatable bonds is 5. The molecule has 1 aromatic carbocycles. The summed E-state index contributed by atoms with van der Waals surface area (Å²) in [6.45, 7) is 4.40. The van der Waals surface area contributed by atoms with Gasteiger partial charge in [-0.3, -0.25) is 14.7 Å². The minimum absolute atomic E-state index is 0.146. The van der Waals surface area contributed by atoms with Gasteiger partial charge in [-0.15, -0.1) is 0 Å². The molecule has 6 nitrogen and oxygen atoms in total. The minimum Gasteiger partial charge on any atom is -0.354 e. The van der Waals surface area contributed by atoms with Gasteiger partial charge in [-0.1, -0.05) is 0 Å². The molecule has 1 N–H and O–H groups in total. The first-order valence-electron chi connectivity index (χ1n) is 10.2. The van der Waals surface area contributed by atoms with E-state index < -0.39 is 17.6 Å². The Balaban J connectivity index is 1.30. The van der Waals surface area contributed by atoms with Crippen LogP contribution in [0, 0.1) is 0 Å². The summed E-state index contributed by atoms with van der Waals surface area (Å²) in [5, 5.41) is 2.67. The summed E-state index contributed by atoms with van der Waals surface area (Å²) >= 11 is 0. The van der Waals surface area contributed by atoms with Gasteiger partial charge in [0.2, 0.25) is 0 Å². The first-order chi connectivity index (χ1) is 15.4. The lowest BCUT2D eigenvalue weighted by Crippen LogP contribution is -2.46. The highest BCUT2D eigenvalue weighted by Gasteiger charge is 2.30. The highest BCUT2D eigenvalue weighted by Crippen LogP contribution is 2.29. The Kier molecular flexibility index (Phi) is 6.36. The van der Waals surface area contributed by atoms with Crippen LogP contribution in [0.5, 0.6) is 0 Å². The van der Waals surface area contributed by atoms with Crippen molar-refractivity contribution in [1.29, 1.82) is 0 Å². The fraction of sp³-hybridized carbons (Fsp3) is 0.261. The number of pyridine rings is 2. The molecule has 1 aliphatic rings. The van der Waals surface area contributed by atoms with E-state index in [1.165, 1.54) is 5.56 Å². The van der Waals surface area contributed by atoms with Crippen LogP contribution in [0.25, 0.3) is 0 Å². The second kappa shape index (κ2) is 9.35. The number of alkyl halides is 3. The number of anilines is 2. The van der Waals surface area contributed by atoms with Gasteiger partial charge in [-0.05, 0) is 54.1 Å². The van der Waals surface area contributed by atoms with Gasteiger partial charge in [-0.2, -0.15) is 13.2 Å². The van der Waals surface area contributed by atoms with Crippen LogP contribution in [0.3, 0.4) is 0 Å². The average Bonchev–Trinajstić information content (AvgIpc) is 2.80. The Bertz CT molecular complexity index is 1030. The van der Waals surface area contributed by atoms with Crippen LogP contribution in [-0.2, 0) is 12.7 Å². The lowest BCUT2D eigenvalue weighted by molar-refractivity contribution is -0.137. The van der Waals surface area contributed by atoms with Crippen molar-refractivity contribution >= 4 is 17.4 Å². The Morgan fingerprint density at radius 3 is 2.22 bits per heavy atom. The second-order valence-corrected chi connectivity index (χ2v) is 7.55. The van der Waals surface area contributed by atoms with Crippen molar-refractivity contribution in [2.24, 2.45) is 0 Å². The summed E-state index contributed by atoms with van der Waals surface area (Å²) in [4.78, 5) is 25.4. The first kappa shape index (κ1) is 21.8. The molecule has 0 saturated carbocycles. The maximum absolute atomic E-state index is 12.7. The van der Waals surface area contributed by atoms with Crippen molar-refractivity contribution in [1.82, 2.24) is 14.9 Å². The number of nitrogens with zero attached hydrogens (tertiary/aromatic N) is 4. The minimum atomic E-state index is -4.43. The fourth-order valence-corrected chi connectivity index (χ4v) is 3.54. The number of hydrogen-bond donors (Lipinski definition) is 1. The molecule has 0 aliphatic carbocycles. The van der Waals surface area contributed by atoms with Crippen molar-refractivity contribution in [3.63, 3.8) is 0 Å². The second-order valence-electron chi connectivity index (χ2n) is 7.55. The lowest BCUT2D eigenvalue weighted by Gasteiger charge is -2.35. The number of carbonyl (C=O) groups excluding carboxylic acids is 1. The third-order valence-corrected chi connectivity index (χ3v) is 5.33. The summed E-state index contributed by atoms with van der Waals surface area (Å²) in [6.07, 6.45) is 0.723. The molecule has 4 rings (SSSR count). The van der Waals surface area contributed by atoms with Crippen LogP contribution in [0.15, 0.2) is 67.1 Å². The predicted molar refractivity (Wildman–Crippen MR) is 115 cm³/mol. The van der Waals surface area contributed by atoms with Crippen LogP contribution in [0.2, 0.25) is 0 Å². The van der Waals surface area contributed by atoms with E-state index in [1.807, 2.05) is 18.2 Å². The molecule has 3 aromatic rings. The lowest BCUT2D eigenvalue weighted by atomic mass is 10.1. The third-order valence-electron chi connectivity index (χ3n) is 5.33. The predicted octanol–water partition coefficient (Wildman–Crippen LogP) is 4.07. The molecule has 1 amide bonds. The molecule has 0 spiro atoms. The van der Waals surface area contributed by atoms with Crippen molar-refractivity contribution < 1.29 is 18.0 Å².